The predicted molar refractivity (Wildman–Crippen MR) is 132 cm³/mol. The smallest absolute Gasteiger partial charge is 0.301 e. The summed E-state index contributed by atoms with van der Waals surface area (Å²) in [4.78, 5) is 25.6. The van der Waals surface area contributed by atoms with Gasteiger partial charge in [-0.05, 0) is 38.7 Å². The van der Waals surface area contributed by atoms with Crippen LogP contribution in [0.1, 0.15) is 55.8 Å². The van der Waals surface area contributed by atoms with Crippen molar-refractivity contribution in [1.29, 1.82) is 0 Å². The van der Waals surface area contributed by atoms with Crippen molar-refractivity contribution in [1.82, 2.24) is 14.3 Å². The van der Waals surface area contributed by atoms with Crippen LogP contribution in [0.15, 0.2) is 40.1 Å². The highest BCUT2D eigenvalue weighted by atomic mass is 19.3. The van der Waals surface area contributed by atoms with Crippen molar-refractivity contribution in [3.8, 4) is 0 Å². The monoisotopic (exact) mass is 518 g/mol. The first-order valence-electron chi connectivity index (χ1n) is 12.4. The van der Waals surface area contributed by atoms with Gasteiger partial charge in [-0.25, -0.2) is 9.07 Å². The highest BCUT2D eigenvalue weighted by Gasteiger charge is 2.46. The van der Waals surface area contributed by atoms with E-state index in [0.29, 0.717) is 37.9 Å². The molecule has 0 radical (unpaired) electrons. The molecule has 1 N–H and O–H groups in total. The lowest BCUT2D eigenvalue weighted by atomic mass is 9.96. The molecule has 11 heteroatoms. The van der Waals surface area contributed by atoms with Crippen LogP contribution in [0, 0.1) is 5.82 Å². The summed E-state index contributed by atoms with van der Waals surface area (Å²) < 4.78 is 58.9. The van der Waals surface area contributed by atoms with Crippen molar-refractivity contribution in [2.45, 2.75) is 56.7 Å². The molecule has 1 unspecified atom stereocenters. The standard InChI is InChI=1S/C26H29F3N4O4/c1-15(17-5-3-6-20(23(17)27)26(28,29)21-7-4-10-37-21)30-24-19-14-33(16-8-11-36-12-9-16)22(34)13-18(19)25(35)32(2)31-24/h3,5-6,13-16,21H,4,7-12H2,1-2H3,(H,30,31)/t15-,21?/m0/s1. The van der Waals surface area contributed by atoms with Crippen molar-refractivity contribution in [2.75, 3.05) is 25.1 Å². The second-order valence-electron chi connectivity index (χ2n) is 9.67. The molecule has 2 aromatic heterocycles. The SMILES string of the molecule is C[C@H](Nc1nn(C)c(=O)c2cc(=O)n(C3CCOCC3)cc12)c1cccc(C(F)(F)C2CCCO2)c1F. The fraction of sp³-hybridized carbons (Fsp3) is 0.500. The van der Waals surface area contributed by atoms with E-state index < -0.39 is 35.0 Å². The minimum Gasteiger partial charge on any atom is -0.381 e. The number of pyridine rings is 1. The van der Waals surface area contributed by atoms with Crippen molar-refractivity contribution in [3.63, 3.8) is 0 Å². The van der Waals surface area contributed by atoms with Gasteiger partial charge >= 0.3 is 5.92 Å². The van der Waals surface area contributed by atoms with Gasteiger partial charge in [-0.2, -0.15) is 13.9 Å². The molecule has 8 nitrogen and oxygen atoms in total. The molecule has 2 aliphatic rings. The van der Waals surface area contributed by atoms with Gasteiger partial charge in [-0.15, -0.1) is 0 Å². The molecule has 2 saturated heterocycles. The van der Waals surface area contributed by atoms with E-state index in [1.165, 1.54) is 25.2 Å². The van der Waals surface area contributed by atoms with Gasteiger partial charge in [0.05, 0.1) is 17.0 Å². The molecule has 3 aromatic rings. The third kappa shape index (κ3) is 4.66. The number of hydrogen-bond acceptors (Lipinski definition) is 6. The molecule has 0 bridgehead atoms. The molecule has 0 spiro atoms. The van der Waals surface area contributed by atoms with Gasteiger partial charge in [0.25, 0.3) is 11.1 Å². The number of alkyl halides is 2. The van der Waals surface area contributed by atoms with Gasteiger partial charge in [0.15, 0.2) is 5.82 Å². The number of benzene rings is 1. The van der Waals surface area contributed by atoms with Crippen LogP contribution in [-0.2, 0) is 22.4 Å². The zero-order valence-electron chi connectivity index (χ0n) is 20.7. The zero-order chi connectivity index (χ0) is 26.3. The third-order valence-electron chi connectivity index (χ3n) is 7.24. The number of hydrogen-bond donors (Lipinski definition) is 1. The first-order chi connectivity index (χ1) is 17.7. The number of aryl methyl sites for hydroxylation is 1. The lowest BCUT2D eigenvalue weighted by Crippen LogP contribution is -2.32. The lowest BCUT2D eigenvalue weighted by molar-refractivity contribution is -0.124. The lowest BCUT2D eigenvalue weighted by Gasteiger charge is -2.26. The Morgan fingerprint density at radius 3 is 2.59 bits per heavy atom. The number of halogens is 3. The quantitative estimate of drug-likeness (QED) is 0.530. The molecule has 2 fully saturated rings. The minimum absolute atomic E-state index is 0.0247. The Hall–Kier alpha value is -3.18. The second-order valence-corrected chi connectivity index (χ2v) is 9.67. The van der Waals surface area contributed by atoms with Crippen LogP contribution in [0.2, 0.25) is 0 Å². The molecule has 1 aromatic carbocycles. The highest BCUT2D eigenvalue weighted by Crippen LogP contribution is 2.41. The van der Waals surface area contributed by atoms with Crippen LogP contribution in [0.25, 0.3) is 10.8 Å². The Balaban J connectivity index is 1.53. The van der Waals surface area contributed by atoms with Crippen LogP contribution in [-0.4, -0.2) is 40.3 Å². The Kier molecular flexibility index (Phi) is 6.84. The van der Waals surface area contributed by atoms with Gasteiger partial charge in [0.1, 0.15) is 11.9 Å². The summed E-state index contributed by atoms with van der Waals surface area (Å²) in [6.45, 7) is 2.90. The molecular formula is C26H29F3N4O4. The molecule has 0 saturated carbocycles. The van der Waals surface area contributed by atoms with Crippen LogP contribution in [0.3, 0.4) is 0 Å². The van der Waals surface area contributed by atoms with E-state index in [1.807, 2.05) is 0 Å². The number of nitrogens with one attached hydrogen (secondary N) is 1. The number of ether oxygens (including phenoxy) is 2. The average Bonchev–Trinajstić information content (AvgIpc) is 3.43. The fourth-order valence-electron chi connectivity index (χ4n) is 5.15. The number of rotatable bonds is 6. The summed E-state index contributed by atoms with van der Waals surface area (Å²) in [6.07, 6.45) is 2.20. The van der Waals surface area contributed by atoms with Gasteiger partial charge < -0.3 is 19.4 Å². The molecular weight excluding hydrogens is 489 g/mol. The summed E-state index contributed by atoms with van der Waals surface area (Å²) in [5.41, 5.74) is -1.44. The van der Waals surface area contributed by atoms with Crippen LogP contribution in [0.5, 0.6) is 0 Å². The maximum absolute atomic E-state index is 15.5. The van der Waals surface area contributed by atoms with Crippen molar-refractivity contribution in [2.24, 2.45) is 7.05 Å². The van der Waals surface area contributed by atoms with Crippen molar-refractivity contribution >= 4 is 16.6 Å². The molecule has 37 heavy (non-hydrogen) atoms. The van der Waals surface area contributed by atoms with E-state index in [-0.39, 0.29) is 41.4 Å². The normalized spacial score (nSPS) is 19.9. The molecule has 4 heterocycles. The molecule has 0 amide bonds. The maximum Gasteiger partial charge on any atom is 0.301 e. The molecule has 2 atom stereocenters. The molecule has 2 aliphatic heterocycles. The van der Waals surface area contributed by atoms with E-state index in [2.05, 4.69) is 10.4 Å². The van der Waals surface area contributed by atoms with E-state index in [9.17, 15) is 9.59 Å². The van der Waals surface area contributed by atoms with E-state index in [0.717, 1.165) is 10.7 Å². The second kappa shape index (κ2) is 9.94. The summed E-state index contributed by atoms with van der Waals surface area (Å²) in [7, 11) is 1.45. The maximum atomic E-state index is 15.5. The van der Waals surface area contributed by atoms with Crippen molar-refractivity contribution < 1.29 is 22.6 Å². The number of aromatic nitrogens is 3. The predicted octanol–water partition coefficient (Wildman–Crippen LogP) is 4.03. The van der Waals surface area contributed by atoms with Gasteiger partial charge in [-0.1, -0.05) is 12.1 Å². The molecule has 5 rings (SSSR count). The molecule has 0 aliphatic carbocycles. The first-order valence-corrected chi connectivity index (χ1v) is 12.4. The fourth-order valence-corrected chi connectivity index (χ4v) is 5.15. The topological polar surface area (TPSA) is 87.4 Å². The number of anilines is 1. The van der Waals surface area contributed by atoms with E-state index in [4.69, 9.17) is 9.47 Å². The Morgan fingerprint density at radius 2 is 1.89 bits per heavy atom. The van der Waals surface area contributed by atoms with E-state index >= 15 is 13.2 Å². The van der Waals surface area contributed by atoms with Gasteiger partial charge in [-0.3, -0.25) is 9.59 Å². The Labute approximate surface area is 211 Å². The summed E-state index contributed by atoms with van der Waals surface area (Å²) in [6, 6.07) is 4.33. The number of fused-ring (bicyclic) bond motifs is 1. The largest absolute Gasteiger partial charge is 0.381 e. The van der Waals surface area contributed by atoms with E-state index in [1.54, 1.807) is 17.7 Å². The van der Waals surface area contributed by atoms with Crippen LogP contribution >= 0.6 is 0 Å². The summed E-state index contributed by atoms with van der Waals surface area (Å²) >= 11 is 0. The summed E-state index contributed by atoms with van der Waals surface area (Å²) in [5.74, 6) is -4.25. The summed E-state index contributed by atoms with van der Waals surface area (Å²) in [5, 5.41) is 7.95. The Bertz CT molecular complexity index is 1430. The minimum atomic E-state index is -3.47. The van der Waals surface area contributed by atoms with Gasteiger partial charge in [0, 0.05) is 56.1 Å². The highest BCUT2D eigenvalue weighted by molar-refractivity contribution is 5.90. The zero-order valence-corrected chi connectivity index (χ0v) is 20.7. The average molecular weight is 519 g/mol. The Morgan fingerprint density at radius 1 is 1.14 bits per heavy atom. The third-order valence-corrected chi connectivity index (χ3v) is 7.24. The van der Waals surface area contributed by atoms with Crippen molar-refractivity contribution in [3.05, 3.63) is 68.1 Å². The van der Waals surface area contributed by atoms with Crippen LogP contribution in [0.4, 0.5) is 19.0 Å². The van der Waals surface area contributed by atoms with Gasteiger partial charge in [0.2, 0.25) is 0 Å². The molecule has 198 valence electrons. The number of nitrogens with zero attached hydrogens (tertiary/aromatic N) is 3. The first kappa shape index (κ1) is 25.5. The van der Waals surface area contributed by atoms with Crippen LogP contribution < -0.4 is 16.4 Å².